The summed E-state index contributed by atoms with van der Waals surface area (Å²) in [5.74, 6) is -3.25. The van der Waals surface area contributed by atoms with Gasteiger partial charge in [-0.15, -0.1) is 0 Å². The van der Waals surface area contributed by atoms with Crippen LogP contribution >= 0.6 is 22.6 Å². The van der Waals surface area contributed by atoms with E-state index >= 15 is 0 Å². The molecule has 0 saturated carbocycles. The van der Waals surface area contributed by atoms with Gasteiger partial charge in [-0.05, 0) is 30.7 Å². The van der Waals surface area contributed by atoms with Gasteiger partial charge in [0.2, 0.25) is 5.91 Å². The van der Waals surface area contributed by atoms with Gasteiger partial charge in [0, 0.05) is 17.7 Å². The van der Waals surface area contributed by atoms with Gasteiger partial charge < -0.3 is 20.8 Å². The van der Waals surface area contributed by atoms with E-state index in [1.165, 1.54) is 24.3 Å². The van der Waals surface area contributed by atoms with Crippen LogP contribution in [0.25, 0.3) is 0 Å². The lowest BCUT2D eigenvalue weighted by molar-refractivity contribution is -0.140. The maximum absolute atomic E-state index is 12.0. The Morgan fingerprint density at radius 3 is 2.17 bits per heavy atom. The highest BCUT2D eigenvalue weighted by molar-refractivity contribution is 14.1. The second-order valence-electron chi connectivity index (χ2n) is 4.56. The van der Waals surface area contributed by atoms with Crippen LogP contribution in [-0.2, 0) is 14.4 Å². The van der Waals surface area contributed by atoms with Gasteiger partial charge >= 0.3 is 11.9 Å². The van der Waals surface area contributed by atoms with E-state index in [-0.39, 0.29) is 24.3 Å². The number of benzene rings is 1. The third-order valence-electron chi connectivity index (χ3n) is 2.80. The van der Waals surface area contributed by atoms with Gasteiger partial charge in [0.05, 0.1) is 4.43 Å². The largest absolute Gasteiger partial charge is 0.481 e. The fourth-order valence-electron chi connectivity index (χ4n) is 1.67. The summed E-state index contributed by atoms with van der Waals surface area (Å²) in [4.78, 5) is 44.7. The second kappa shape index (κ2) is 9.08. The Morgan fingerprint density at radius 2 is 1.70 bits per heavy atom. The highest BCUT2D eigenvalue weighted by Crippen LogP contribution is 2.10. The number of halogens is 1. The molecule has 0 bridgehead atoms. The molecule has 0 saturated heterocycles. The highest BCUT2D eigenvalue weighted by atomic mass is 127. The number of rotatable bonds is 8. The molecule has 8 nitrogen and oxygen atoms in total. The molecule has 2 amide bonds. The van der Waals surface area contributed by atoms with Crippen molar-refractivity contribution in [3.63, 3.8) is 0 Å². The number of hydrogen-bond acceptors (Lipinski definition) is 4. The SMILES string of the molecule is O=C(O)CCC(NC(=O)c1ccc(NC(=O)CI)cc1)C(=O)O. The van der Waals surface area contributed by atoms with Crippen LogP contribution in [0.3, 0.4) is 0 Å². The van der Waals surface area contributed by atoms with Gasteiger partial charge in [0.25, 0.3) is 5.91 Å². The number of carbonyl (C=O) groups excluding carboxylic acids is 2. The summed E-state index contributed by atoms with van der Waals surface area (Å²) in [6.45, 7) is 0. The van der Waals surface area contributed by atoms with Gasteiger partial charge in [-0.3, -0.25) is 14.4 Å². The van der Waals surface area contributed by atoms with Gasteiger partial charge in [-0.25, -0.2) is 4.79 Å². The Morgan fingerprint density at radius 1 is 1.09 bits per heavy atom. The third-order valence-corrected chi connectivity index (χ3v) is 3.50. The van der Waals surface area contributed by atoms with E-state index in [4.69, 9.17) is 10.2 Å². The minimum absolute atomic E-state index is 0.178. The Balaban J connectivity index is 2.70. The molecule has 0 fully saturated rings. The van der Waals surface area contributed by atoms with Crippen molar-refractivity contribution in [3.05, 3.63) is 29.8 Å². The van der Waals surface area contributed by atoms with Crippen LogP contribution in [0.4, 0.5) is 5.69 Å². The summed E-state index contributed by atoms with van der Waals surface area (Å²) in [7, 11) is 0. The van der Waals surface area contributed by atoms with Crippen LogP contribution in [0.2, 0.25) is 0 Å². The molecule has 23 heavy (non-hydrogen) atoms. The molecule has 1 rings (SSSR count). The van der Waals surface area contributed by atoms with E-state index in [1.807, 2.05) is 22.6 Å². The molecule has 0 aliphatic carbocycles. The lowest BCUT2D eigenvalue weighted by atomic mass is 10.1. The Hall–Kier alpha value is -2.17. The summed E-state index contributed by atoms with van der Waals surface area (Å²) >= 11 is 1.92. The Bertz CT molecular complexity index is 602. The fraction of sp³-hybridized carbons (Fsp3) is 0.286. The molecule has 9 heteroatoms. The van der Waals surface area contributed by atoms with Crippen molar-refractivity contribution in [1.29, 1.82) is 0 Å². The lowest BCUT2D eigenvalue weighted by Gasteiger charge is -2.13. The predicted octanol–water partition coefficient (Wildman–Crippen LogP) is 1.11. The number of alkyl halides is 1. The molecule has 0 spiro atoms. The molecule has 0 aliphatic rings. The van der Waals surface area contributed by atoms with Gasteiger partial charge in [-0.1, -0.05) is 22.6 Å². The molecular weight excluding hydrogens is 419 g/mol. The second-order valence-corrected chi connectivity index (χ2v) is 5.32. The Labute approximate surface area is 145 Å². The quantitative estimate of drug-likeness (QED) is 0.358. The number of nitrogens with one attached hydrogen (secondary N) is 2. The molecule has 4 N–H and O–H groups in total. The average molecular weight is 434 g/mol. The summed E-state index contributed by atoms with van der Waals surface area (Å²) in [6.07, 6.45) is -0.571. The van der Waals surface area contributed by atoms with Crippen molar-refractivity contribution in [1.82, 2.24) is 5.32 Å². The van der Waals surface area contributed by atoms with Crippen molar-refractivity contribution >= 4 is 52.0 Å². The minimum Gasteiger partial charge on any atom is -0.481 e. The molecule has 124 valence electrons. The van der Waals surface area contributed by atoms with E-state index < -0.39 is 23.9 Å². The number of carbonyl (C=O) groups is 4. The van der Waals surface area contributed by atoms with Crippen LogP contribution in [0.1, 0.15) is 23.2 Å². The number of amides is 2. The van der Waals surface area contributed by atoms with Crippen LogP contribution in [0.5, 0.6) is 0 Å². The van der Waals surface area contributed by atoms with Crippen LogP contribution in [0.15, 0.2) is 24.3 Å². The van der Waals surface area contributed by atoms with E-state index in [2.05, 4.69) is 10.6 Å². The van der Waals surface area contributed by atoms with Crippen molar-refractivity contribution in [2.75, 3.05) is 9.74 Å². The fourth-order valence-corrected chi connectivity index (χ4v) is 1.86. The first-order valence-corrected chi connectivity index (χ1v) is 8.07. The number of carboxylic acids is 2. The van der Waals surface area contributed by atoms with Crippen LogP contribution in [-0.4, -0.2) is 44.4 Å². The smallest absolute Gasteiger partial charge is 0.326 e. The van der Waals surface area contributed by atoms with Gasteiger partial charge in [-0.2, -0.15) is 0 Å². The monoisotopic (exact) mass is 434 g/mol. The molecule has 0 aliphatic heterocycles. The zero-order valence-corrected chi connectivity index (χ0v) is 14.1. The summed E-state index contributed by atoms with van der Waals surface area (Å²) < 4.78 is 0.296. The van der Waals surface area contributed by atoms with E-state index in [1.54, 1.807) is 0 Å². The normalized spacial score (nSPS) is 11.3. The standard InChI is InChI=1S/C14H15IN2O6/c15-7-11(18)16-9-3-1-8(2-4-9)13(21)17-10(14(22)23)5-6-12(19)20/h1-4,10H,5-7H2,(H,16,18)(H,17,21)(H,19,20)(H,22,23). The van der Waals surface area contributed by atoms with Gasteiger partial charge in [0.15, 0.2) is 0 Å². The molecule has 1 aromatic rings. The number of aliphatic carboxylic acids is 2. The summed E-state index contributed by atoms with van der Waals surface area (Å²) in [5.41, 5.74) is 0.725. The molecule has 1 atom stereocenters. The first-order chi connectivity index (χ1) is 10.8. The molecule has 1 unspecified atom stereocenters. The van der Waals surface area contributed by atoms with Crippen molar-refractivity contribution in [3.8, 4) is 0 Å². The Kier molecular flexibility index (Phi) is 7.45. The maximum Gasteiger partial charge on any atom is 0.326 e. The summed E-state index contributed by atoms with van der Waals surface area (Å²) in [6, 6.07) is 4.64. The first-order valence-electron chi connectivity index (χ1n) is 6.55. The topological polar surface area (TPSA) is 133 Å². The average Bonchev–Trinajstić information content (AvgIpc) is 2.51. The van der Waals surface area contributed by atoms with Gasteiger partial charge in [0.1, 0.15) is 6.04 Å². The van der Waals surface area contributed by atoms with Crippen molar-refractivity contribution < 1.29 is 29.4 Å². The highest BCUT2D eigenvalue weighted by Gasteiger charge is 2.21. The molecule has 1 aromatic carbocycles. The summed E-state index contributed by atoms with van der Waals surface area (Å²) in [5, 5.41) is 22.5. The first kappa shape index (κ1) is 18.9. The minimum atomic E-state index is -1.30. The molecular formula is C14H15IN2O6. The molecule has 0 aromatic heterocycles. The third kappa shape index (κ3) is 6.63. The number of carboxylic acid groups (broad SMARTS) is 2. The van der Waals surface area contributed by atoms with Crippen molar-refractivity contribution in [2.45, 2.75) is 18.9 Å². The molecule has 0 radical (unpaired) electrons. The zero-order chi connectivity index (χ0) is 17.4. The van der Waals surface area contributed by atoms with E-state index in [9.17, 15) is 19.2 Å². The van der Waals surface area contributed by atoms with Crippen LogP contribution in [0, 0.1) is 0 Å². The van der Waals surface area contributed by atoms with Crippen molar-refractivity contribution in [2.24, 2.45) is 0 Å². The van der Waals surface area contributed by atoms with E-state index in [0.29, 0.717) is 10.1 Å². The van der Waals surface area contributed by atoms with Crippen LogP contribution < -0.4 is 10.6 Å². The number of anilines is 1. The molecule has 0 heterocycles. The zero-order valence-electron chi connectivity index (χ0n) is 11.9. The predicted molar refractivity (Wildman–Crippen MR) is 89.7 cm³/mol. The lowest BCUT2D eigenvalue weighted by Crippen LogP contribution is -2.41. The van der Waals surface area contributed by atoms with E-state index in [0.717, 1.165) is 0 Å². The number of hydrogen-bond donors (Lipinski definition) is 4. The maximum atomic E-state index is 12.0.